The van der Waals surface area contributed by atoms with Crippen molar-refractivity contribution < 1.29 is 5.11 Å². The van der Waals surface area contributed by atoms with Crippen LogP contribution in [0.1, 0.15) is 44.6 Å². The predicted octanol–water partition coefficient (Wildman–Crippen LogP) is 2.93. The second-order valence-electron chi connectivity index (χ2n) is 5.71. The highest BCUT2D eigenvalue weighted by Crippen LogP contribution is 2.20. The van der Waals surface area contributed by atoms with Crippen LogP contribution in [0.2, 0.25) is 0 Å². The molecule has 2 N–H and O–H groups in total. The number of benzene rings is 1. The van der Waals surface area contributed by atoms with E-state index in [1.807, 2.05) is 0 Å². The van der Waals surface area contributed by atoms with Gasteiger partial charge >= 0.3 is 0 Å². The Hall–Kier alpha value is -1.06. The maximum Gasteiger partial charge on any atom is 0.0445 e. The lowest BCUT2D eigenvalue weighted by molar-refractivity contribution is 0.262. The van der Waals surface area contributed by atoms with Crippen LogP contribution in [0.4, 0.5) is 5.69 Å². The number of piperidine rings is 1. The standard InChI is InChI=1S/C17H28N2O/c1-2-16(10-13-20)18-14-15-6-8-17(9-7-15)19-11-4-3-5-12-19/h6-9,16,18,20H,2-5,10-14H2,1H3. The van der Waals surface area contributed by atoms with E-state index in [1.165, 1.54) is 43.6 Å². The van der Waals surface area contributed by atoms with Crippen LogP contribution in [0.3, 0.4) is 0 Å². The molecule has 0 aliphatic carbocycles. The Bertz CT molecular complexity index is 371. The number of hydrogen-bond donors (Lipinski definition) is 2. The first kappa shape index (κ1) is 15.3. The number of aliphatic hydroxyl groups excluding tert-OH is 1. The Morgan fingerprint density at radius 1 is 1.15 bits per heavy atom. The minimum atomic E-state index is 0.263. The van der Waals surface area contributed by atoms with E-state index in [0.29, 0.717) is 6.04 Å². The second kappa shape index (κ2) is 8.28. The number of rotatable bonds is 7. The van der Waals surface area contributed by atoms with Gasteiger partial charge in [0.15, 0.2) is 0 Å². The summed E-state index contributed by atoms with van der Waals surface area (Å²) in [6.45, 7) is 5.71. The van der Waals surface area contributed by atoms with E-state index in [9.17, 15) is 0 Å². The van der Waals surface area contributed by atoms with Gasteiger partial charge in [-0.15, -0.1) is 0 Å². The highest BCUT2D eigenvalue weighted by Gasteiger charge is 2.10. The minimum absolute atomic E-state index is 0.263. The van der Waals surface area contributed by atoms with Crippen molar-refractivity contribution in [1.82, 2.24) is 5.32 Å². The Labute approximate surface area is 123 Å². The lowest BCUT2D eigenvalue weighted by atomic mass is 10.1. The number of nitrogens with zero attached hydrogens (tertiary/aromatic N) is 1. The summed E-state index contributed by atoms with van der Waals surface area (Å²) >= 11 is 0. The van der Waals surface area contributed by atoms with Crippen LogP contribution in [0.25, 0.3) is 0 Å². The fraction of sp³-hybridized carbons (Fsp3) is 0.647. The van der Waals surface area contributed by atoms with Crippen molar-refractivity contribution in [3.63, 3.8) is 0 Å². The molecule has 1 saturated heterocycles. The van der Waals surface area contributed by atoms with E-state index < -0.39 is 0 Å². The van der Waals surface area contributed by atoms with Crippen molar-refractivity contribution in [2.24, 2.45) is 0 Å². The molecule has 20 heavy (non-hydrogen) atoms. The molecule has 0 spiro atoms. The molecule has 1 unspecified atom stereocenters. The zero-order valence-corrected chi connectivity index (χ0v) is 12.6. The summed E-state index contributed by atoms with van der Waals surface area (Å²) in [4.78, 5) is 2.49. The summed E-state index contributed by atoms with van der Waals surface area (Å²) in [5.41, 5.74) is 2.68. The molecule has 1 aliphatic rings. The van der Waals surface area contributed by atoms with Crippen LogP contribution in [0.15, 0.2) is 24.3 Å². The third-order valence-electron chi connectivity index (χ3n) is 4.22. The van der Waals surface area contributed by atoms with E-state index in [1.54, 1.807) is 0 Å². The SMILES string of the molecule is CCC(CCO)NCc1ccc(N2CCCCC2)cc1. The summed E-state index contributed by atoms with van der Waals surface area (Å²) in [6, 6.07) is 9.36. The molecule has 1 aliphatic heterocycles. The first-order valence-electron chi connectivity index (χ1n) is 8.01. The molecule has 1 aromatic carbocycles. The normalized spacial score (nSPS) is 17.2. The lowest BCUT2D eigenvalue weighted by Gasteiger charge is -2.29. The average Bonchev–Trinajstić information content (AvgIpc) is 2.53. The number of anilines is 1. The number of aliphatic hydroxyl groups is 1. The Kier molecular flexibility index (Phi) is 6.34. The van der Waals surface area contributed by atoms with Gasteiger partial charge in [0.1, 0.15) is 0 Å². The molecule has 2 rings (SSSR count). The maximum absolute atomic E-state index is 9.00. The van der Waals surface area contributed by atoms with E-state index in [4.69, 9.17) is 5.11 Å². The Morgan fingerprint density at radius 2 is 1.85 bits per heavy atom. The van der Waals surface area contributed by atoms with E-state index in [-0.39, 0.29) is 6.61 Å². The third-order valence-corrected chi connectivity index (χ3v) is 4.22. The molecule has 0 bridgehead atoms. The molecule has 112 valence electrons. The van der Waals surface area contributed by atoms with Crippen molar-refractivity contribution in [1.29, 1.82) is 0 Å². The highest BCUT2D eigenvalue weighted by atomic mass is 16.3. The third kappa shape index (κ3) is 4.50. The Morgan fingerprint density at radius 3 is 2.45 bits per heavy atom. The van der Waals surface area contributed by atoms with Gasteiger partial charge in [-0.1, -0.05) is 19.1 Å². The molecule has 0 amide bonds. The van der Waals surface area contributed by atoms with Crippen LogP contribution in [-0.4, -0.2) is 30.8 Å². The summed E-state index contributed by atoms with van der Waals surface area (Å²) in [5, 5.41) is 12.5. The molecular formula is C17H28N2O. The van der Waals surface area contributed by atoms with Gasteiger partial charge in [0.25, 0.3) is 0 Å². The molecule has 1 atom stereocenters. The Balaban J connectivity index is 1.84. The minimum Gasteiger partial charge on any atom is -0.396 e. The monoisotopic (exact) mass is 276 g/mol. The van der Waals surface area contributed by atoms with E-state index >= 15 is 0 Å². The van der Waals surface area contributed by atoms with Crippen molar-refractivity contribution in [2.45, 2.75) is 51.6 Å². The van der Waals surface area contributed by atoms with Crippen molar-refractivity contribution in [3.05, 3.63) is 29.8 Å². The van der Waals surface area contributed by atoms with Crippen LogP contribution in [0.5, 0.6) is 0 Å². The lowest BCUT2D eigenvalue weighted by Crippen LogP contribution is -2.30. The molecule has 3 heteroatoms. The van der Waals surface area contributed by atoms with Gasteiger partial charge in [-0.05, 0) is 49.8 Å². The zero-order chi connectivity index (χ0) is 14.2. The molecule has 0 saturated carbocycles. The van der Waals surface area contributed by atoms with Crippen LogP contribution < -0.4 is 10.2 Å². The summed E-state index contributed by atoms with van der Waals surface area (Å²) in [6.07, 6.45) is 5.92. The number of hydrogen-bond acceptors (Lipinski definition) is 3. The van der Waals surface area contributed by atoms with Crippen LogP contribution >= 0.6 is 0 Å². The first-order valence-corrected chi connectivity index (χ1v) is 8.01. The first-order chi connectivity index (χ1) is 9.83. The smallest absolute Gasteiger partial charge is 0.0445 e. The maximum atomic E-state index is 9.00. The summed E-state index contributed by atoms with van der Waals surface area (Å²) < 4.78 is 0. The second-order valence-corrected chi connectivity index (χ2v) is 5.71. The van der Waals surface area contributed by atoms with Crippen LogP contribution in [-0.2, 0) is 6.54 Å². The van der Waals surface area contributed by atoms with Crippen molar-refractivity contribution in [3.8, 4) is 0 Å². The van der Waals surface area contributed by atoms with Gasteiger partial charge in [0.2, 0.25) is 0 Å². The van der Waals surface area contributed by atoms with Gasteiger partial charge in [0, 0.05) is 38.0 Å². The van der Waals surface area contributed by atoms with Gasteiger partial charge in [0.05, 0.1) is 0 Å². The summed E-state index contributed by atoms with van der Waals surface area (Å²) in [7, 11) is 0. The fourth-order valence-corrected chi connectivity index (χ4v) is 2.85. The average molecular weight is 276 g/mol. The predicted molar refractivity (Wildman–Crippen MR) is 85.1 cm³/mol. The van der Waals surface area contributed by atoms with Crippen molar-refractivity contribution >= 4 is 5.69 Å². The van der Waals surface area contributed by atoms with E-state index in [0.717, 1.165) is 19.4 Å². The molecule has 0 aromatic heterocycles. The topological polar surface area (TPSA) is 35.5 Å². The van der Waals surface area contributed by atoms with Crippen molar-refractivity contribution in [2.75, 3.05) is 24.6 Å². The molecule has 0 radical (unpaired) electrons. The molecule has 1 heterocycles. The quantitative estimate of drug-likeness (QED) is 0.804. The van der Waals surface area contributed by atoms with Gasteiger partial charge in [-0.2, -0.15) is 0 Å². The van der Waals surface area contributed by atoms with Gasteiger partial charge in [-0.25, -0.2) is 0 Å². The molecule has 1 fully saturated rings. The van der Waals surface area contributed by atoms with Gasteiger partial charge < -0.3 is 15.3 Å². The number of nitrogens with one attached hydrogen (secondary N) is 1. The summed E-state index contributed by atoms with van der Waals surface area (Å²) in [5.74, 6) is 0. The fourth-order valence-electron chi connectivity index (χ4n) is 2.85. The molecule has 1 aromatic rings. The molecular weight excluding hydrogens is 248 g/mol. The molecule has 3 nitrogen and oxygen atoms in total. The largest absolute Gasteiger partial charge is 0.396 e. The zero-order valence-electron chi connectivity index (χ0n) is 12.6. The highest BCUT2D eigenvalue weighted by molar-refractivity contribution is 5.47. The van der Waals surface area contributed by atoms with Gasteiger partial charge in [-0.3, -0.25) is 0 Å². The van der Waals surface area contributed by atoms with E-state index in [2.05, 4.69) is 41.4 Å². The van der Waals surface area contributed by atoms with Crippen LogP contribution in [0, 0.1) is 0 Å².